The van der Waals surface area contributed by atoms with E-state index in [0.717, 1.165) is 0 Å². The molecule has 2 aromatic rings. The van der Waals surface area contributed by atoms with E-state index in [4.69, 9.17) is 9.84 Å². The molecule has 0 unspecified atom stereocenters. The Labute approximate surface area is 120 Å². The second-order valence-electron chi connectivity index (χ2n) is 4.23. The van der Waals surface area contributed by atoms with E-state index >= 15 is 0 Å². The lowest BCUT2D eigenvalue weighted by atomic mass is 10.3. The molecule has 0 spiro atoms. The van der Waals surface area contributed by atoms with Crippen LogP contribution in [0.4, 0.5) is 10.3 Å². The number of anilines is 1. The van der Waals surface area contributed by atoms with E-state index in [1.54, 1.807) is 19.1 Å². The largest absolute Gasteiger partial charge is 0.489 e. The summed E-state index contributed by atoms with van der Waals surface area (Å²) in [6.45, 7) is 2.19. The molecule has 1 aromatic carbocycles. The number of carbonyl (C=O) groups is 1. The zero-order valence-electron chi connectivity index (χ0n) is 11.3. The van der Waals surface area contributed by atoms with Crippen molar-refractivity contribution in [2.24, 2.45) is 0 Å². The van der Waals surface area contributed by atoms with Gasteiger partial charge in [0, 0.05) is 5.69 Å². The molecule has 1 heterocycles. The van der Waals surface area contributed by atoms with Gasteiger partial charge in [-0.15, -0.1) is 0 Å². The van der Waals surface area contributed by atoms with Gasteiger partial charge in [-0.2, -0.15) is 0 Å². The van der Waals surface area contributed by atoms with Crippen LogP contribution in [0.1, 0.15) is 16.2 Å². The first-order valence-corrected chi connectivity index (χ1v) is 6.26. The molecule has 0 atom stereocenters. The van der Waals surface area contributed by atoms with Crippen molar-refractivity contribution in [2.45, 2.75) is 6.92 Å². The normalized spacial score (nSPS) is 10.2. The summed E-state index contributed by atoms with van der Waals surface area (Å²) in [4.78, 5) is 18.8. The SMILES string of the molecule is Cc1cc(C(=O)O)nc(NCCOc2ccccc2F)n1. The van der Waals surface area contributed by atoms with E-state index in [1.807, 2.05) is 0 Å². The van der Waals surface area contributed by atoms with Gasteiger partial charge in [0.15, 0.2) is 17.3 Å². The maximum Gasteiger partial charge on any atom is 0.354 e. The number of rotatable bonds is 6. The molecule has 2 N–H and O–H groups in total. The summed E-state index contributed by atoms with van der Waals surface area (Å²) in [6.07, 6.45) is 0. The van der Waals surface area contributed by atoms with E-state index in [0.29, 0.717) is 12.2 Å². The van der Waals surface area contributed by atoms with Gasteiger partial charge >= 0.3 is 5.97 Å². The van der Waals surface area contributed by atoms with Crippen molar-refractivity contribution in [3.05, 3.63) is 47.5 Å². The molecule has 0 saturated carbocycles. The Kier molecular flexibility index (Phi) is 4.65. The third-order valence-corrected chi connectivity index (χ3v) is 2.55. The zero-order valence-corrected chi connectivity index (χ0v) is 11.3. The molecule has 2 rings (SSSR count). The highest BCUT2D eigenvalue weighted by molar-refractivity contribution is 5.85. The van der Waals surface area contributed by atoms with Crippen LogP contribution in [0.15, 0.2) is 30.3 Å². The number of hydrogen-bond donors (Lipinski definition) is 2. The number of carboxylic acids is 1. The van der Waals surface area contributed by atoms with Gasteiger partial charge in [-0.25, -0.2) is 19.2 Å². The number of aryl methyl sites for hydroxylation is 1. The van der Waals surface area contributed by atoms with Gasteiger partial charge in [-0.1, -0.05) is 12.1 Å². The van der Waals surface area contributed by atoms with Crippen molar-refractivity contribution in [1.82, 2.24) is 9.97 Å². The topological polar surface area (TPSA) is 84.3 Å². The first-order chi connectivity index (χ1) is 10.1. The van der Waals surface area contributed by atoms with Gasteiger partial charge in [0.1, 0.15) is 6.61 Å². The van der Waals surface area contributed by atoms with Crippen molar-refractivity contribution in [2.75, 3.05) is 18.5 Å². The monoisotopic (exact) mass is 291 g/mol. The molecule has 0 fully saturated rings. The summed E-state index contributed by atoms with van der Waals surface area (Å²) >= 11 is 0. The number of carboxylic acid groups (broad SMARTS) is 1. The average Bonchev–Trinajstić information content (AvgIpc) is 2.44. The summed E-state index contributed by atoms with van der Waals surface area (Å²) in [6, 6.07) is 7.47. The number of aromatic nitrogens is 2. The number of hydrogen-bond acceptors (Lipinski definition) is 5. The Hall–Kier alpha value is -2.70. The molecule has 0 bridgehead atoms. The fourth-order valence-corrected chi connectivity index (χ4v) is 1.64. The van der Waals surface area contributed by atoms with E-state index in [1.165, 1.54) is 18.2 Å². The van der Waals surface area contributed by atoms with Crippen LogP contribution in [0, 0.1) is 12.7 Å². The van der Waals surface area contributed by atoms with Crippen molar-refractivity contribution in [1.29, 1.82) is 0 Å². The molecule has 7 heteroatoms. The van der Waals surface area contributed by atoms with Crippen LogP contribution in [0.25, 0.3) is 0 Å². The standard InChI is InChI=1S/C14H14FN3O3/c1-9-8-11(13(19)20)18-14(17-9)16-6-7-21-12-5-3-2-4-10(12)15/h2-5,8H,6-7H2,1H3,(H,19,20)(H,16,17,18). The van der Waals surface area contributed by atoms with Crippen LogP contribution in [0.2, 0.25) is 0 Å². The molecule has 0 aliphatic rings. The minimum Gasteiger partial charge on any atom is -0.489 e. The third kappa shape index (κ3) is 4.13. The lowest BCUT2D eigenvalue weighted by Crippen LogP contribution is -2.15. The maximum absolute atomic E-state index is 13.3. The Morgan fingerprint density at radius 2 is 2.14 bits per heavy atom. The van der Waals surface area contributed by atoms with Gasteiger partial charge in [0.25, 0.3) is 0 Å². The van der Waals surface area contributed by atoms with E-state index in [9.17, 15) is 9.18 Å². The summed E-state index contributed by atoms with van der Waals surface area (Å²) in [7, 11) is 0. The summed E-state index contributed by atoms with van der Waals surface area (Å²) in [5.41, 5.74) is 0.458. The maximum atomic E-state index is 13.3. The van der Waals surface area contributed by atoms with Crippen LogP contribution >= 0.6 is 0 Å². The van der Waals surface area contributed by atoms with Crippen LogP contribution < -0.4 is 10.1 Å². The number of para-hydroxylation sites is 1. The highest BCUT2D eigenvalue weighted by atomic mass is 19.1. The minimum atomic E-state index is -1.12. The fourth-order valence-electron chi connectivity index (χ4n) is 1.64. The van der Waals surface area contributed by atoms with Crippen LogP contribution in [0.5, 0.6) is 5.75 Å². The molecule has 21 heavy (non-hydrogen) atoms. The first kappa shape index (κ1) is 14.7. The first-order valence-electron chi connectivity index (χ1n) is 6.26. The van der Waals surface area contributed by atoms with Crippen LogP contribution in [0.3, 0.4) is 0 Å². The number of aromatic carboxylic acids is 1. The second-order valence-corrected chi connectivity index (χ2v) is 4.23. The average molecular weight is 291 g/mol. The Balaban J connectivity index is 1.89. The van der Waals surface area contributed by atoms with Crippen molar-refractivity contribution in [3.8, 4) is 5.75 Å². The smallest absolute Gasteiger partial charge is 0.354 e. The van der Waals surface area contributed by atoms with E-state index < -0.39 is 11.8 Å². The quantitative estimate of drug-likeness (QED) is 0.793. The molecule has 0 saturated heterocycles. The summed E-state index contributed by atoms with van der Waals surface area (Å²) in [5.74, 6) is -1.19. The van der Waals surface area contributed by atoms with Crippen LogP contribution in [-0.2, 0) is 0 Å². The van der Waals surface area contributed by atoms with Gasteiger partial charge in [-0.05, 0) is 25.1 Å². The van der Waals surface area contributed by atoms with Crippen molar-refractivity contribution in [3.63, 3.8) is 0 Å². The zero-order chi connectivity index (χ0) is 15.2. The minimum absolute atomic E-state index is 0.0833. The number of halogens is 1. The predicted molar refractivity (Wildman–Crippen MR) is 74.1 cm³/mol. The Morgan fingerprint density at radius 1 is 1.38 bits per heavy atom. The van der Waals surface area contributed by atoms with Gasteiger partial charge in [0.2, 0.25) is 5.95 Å². The van der Waals surface area contributed by atoms with E-state index in [-0.39, 0.29) is 24.0 Å². The molecule has 0 radical (unpaired) electrons. The highest BCUT2D eigenvalue weighted by Crippen LogP contribution is 2.15. The lowest BCUT2D eigenvalue weighted by Gasteiger charge is -2.09. The second kappa shape index (κ2) is 6.65. The van der Waals surface area contributed by atoms with Crippen molar-refractivity contribution >= 4 is 11.9 Å². The number of ether oxygens (including phenoxy) is 1. The number of nitrogens with zero attached hydrogens (tertiary/aromatic N) is 2. The van der Waals surface area contributed by atoms with Gasteiger partial charge in [0.05, 0.1) is 6.54 Å². The Morgan fingerprint density at radius 3 is 2.86 bits per heavy atom. The van der Waals surface area contributed by atoms with Crippen LogP contribution in [-0.4, -0.2) is 34.2 Å². The summed E-state index contributed by atoms with van der Waals surface area (Å²) in [5, 5.41) is 11.7. The molecule has 0 aliphatic carbocycles. The molecule has 6 nitrogen and oxygen atoms in total. The van der Waals surface area contributed by atoms with Gasteiger partial charge < -0.3 is 15.2 Å². The molecular formula is C14H14FN3O3. The molecule has 0 amide bonds. The van der Waals surface area contributed by atoms with Gasteiger partial charge in [-0.3, -0.25) is 0 Å². The third-order valence-electron chi connectivity index (χ3n) is 2.55. The highest BCUT2D eigenvalue weighted by Gasteiger charge is 2.08. The molecule has 0 aliphatic heterocycles. The van der Waals surface area contributed by atoms with E-state index in [2.05, 4.69) is 15.3 Å². The molecular weight excluding hydrogens is 277 g/mol. The molecule has 110 valence electrons. The Bertz CT molecular complexity index is 649. The predicted octanol–water partition coefficient (Wildman–Crippen LogP) is 2.11. The lowest BCUT2D eigenvalue weighted by molar-refractivity contribution is 0.0690. The van der Waals surface area contributed by atoms with Crippen molar-refractivity contribution < 1.29 is 19.0 Å². The molecule has 1 aromatic heterocycles. The number of nitrogens with one attached hydrogen (secondary N) is 1. The summed E-state index contributed by atoms with van der Waals surface area (Å²) < 4.78 is 18.6. The number of benzene rings is 1. The fraction of sp³-hybridized carbons (Fsp3) is 0.214.